The number of urea groups is 1. The first-order chi connectivity index (χ1) is 8.36. The van der Waals surface area contributed by atoms with Gasteiger partial charge in [0.2, 0.25) is 0 Å². The van der Waals surface area contributed by atoms with Crippen molar-refractivity contribution in [1.29, 1.82) is 0 Å². The topological polar surface area (TPSA) is 62.7 Å². The fourth-order valence-electron chi connectivity index (χ4n) is 2.23. The lowest BCUT2D eigenvalue weighted by atomic mass is 10.0. The molecule has 1 atom stereocenters. The maximum atomic E-state index is 12.3. The molecule has 0 saturated carbocycles. The Morgan fingerprint density at radius 3 is 2.67 bits per heavy atom. The normalized spacial score (nSPS) is 20.9. The number of carbonyl (C=O) groups is 1. The zero-order valence-corrected chi connectivity index (χ0v) is 11.4. The Balaban J connectivity index is 2.25. The summed E-state index contributed by atoms with van der Waals surface area (Å²) in [5.41, 5.74) is 5.41. The average molecular weight is 251 g/mol. The highest BCUT2D eigenvalue weighted by Crippen LogP contribution is 2.32. The summed E-state index contributed by atoms with van der Waals surface area (Å²) >= 11 is 0. The van der Waals surface area contributed by atoms with E-state index in [1.165, 1.54) is 0 Å². The van der Waals surface area contributed by atoms with Crippen LogP contribution in [-0.4, -0.2) is 41.5 Å². The summed E-state index contributed by atoms with van der Waals surface area (Å²) in [4.78, 5) is 15.8. The van der Waals surface area contributed by atoms with E-state index in [1.807, 2.05) is 37.8 Å². The molecule has 5 heteroatoms. The number of rotatable bonds is 3. The molecule has 1 aromatic rings. The van der Waals surface area contributed by atoms with Gasteiger partial charge in [-0.2, -0.15) is 0 Å². The van der Waals surface area contributed by atoms with Gasteiger partial charge in [-0.1, -0.05) is 0 Å². The summed E-state index contributed by atoms with van der Waals surface area (Å²) in [6, 6.07) is 3.83. The van der Waals surface area contributed by atoms with Gasteiger partial charge >= 0.3 is 6.03 Å². The monoisotopic (exact) mass is 251 g/mol. The highest BCUT2D eigenvalue weighted by molar-refractivity contribution is 5.78. The summed E-state index contributed by atoms with van der Waals surface area (Å²) in [5.74, 6) is 1.70. The van der Waals surface area contributed by atoms with E-state index in [4.69, 9.17) is 10.2 Å². The molecule has 0 radical (unpaired) electrons. The zero-order valence-electron chi connectivity index (χ0n) is 11.4. The van der Waals surface area contributed by atoms with E-state index in [-0.39, 0.29) is 17.6 Å². The predicted molar refractivity (Wildman–Crippen MR) is 69.2 cm³/mol. The van der Waals surface area contributed by atoms with E-state index in [9.17, 15) is 4.79 Å². The van der Waals surface area contributed by atoms with E-state index in [0.717, 1.165) is 11.5 Å². The minimum Gasteiger partial charge on any atom is -0.464 e. The molecule has 0 spiro atoms. The van der Waals surface area contributed by atoms with Crippen molar-refractivity contribution in [3.05, 3.63) is 23.7 Å². The van der Waals surface area contributed by atoms with E-state index >= 15 is 0 Å². The third-order valence-corrected chi connectivity index (χ3v) is 3.68. The van der Waals surface area contributed by atoms with Crippen LogP contribution in [0.15, 0.2) is 16.5 Å². The molecule has 1 saturated heterocycles. The van der Waals surface area contributed by atoms with Gasteiger partial charge in [-0.05, 0) is 32.9 Å². The number of hydrogen-bond acceptors (Lipinski definition) is 3. The second-order valence-corrected chi connectivity index (χ2v) is 5.48. The molecule has 1 fully saturated rings. The van der Waals surface area contributed by atoms with Gasteiger partial charge in [-0.3, -0.25) is 0 Å². The minimum atomic E-state index is -0.332. The van der Waals surface area contributed by atoms with Gasteiger partial charge in [0.1, 0.15) is 17.6 Å². The summed E-state index contributed by atoms with van der Waals surface area (Å²) < 4.78 is 5.63. The zero-order chi connectivity index (χ0) is 13.5. The number of amides is 2. The highest BCUT2D eigenvalue weighted by atomic mass is 16.3. The van der Waals surface area contributed by atoms with Crippen molar-refractivity contribution in [1.82, 2.24) is 9.80 Å². The van der Waals surface area contributed by atoms with Crippen LogP contribution in [0.1, 0.15) is 31.4 Å². The lowest BCUT2D eigenvalue weighted by Gasteiger charge is -2.33. The van der Waals surface area contributed by atoms with Crippen LogP contribution in [0, 0.1) is 6.92 Å². The largest absolute Gasteiger partial charge is 0.464 e. The summed E-state index contributed by atoms with van der Waals surface area (Å²) in [6.07, 6.45) is 0. The standard InChI is InChI=1S/C13H21N3O2/c1-9-5-6-11(18-9)10-7-16(12(17)15(10)4)13(2,3)8-14/h5-6,10H,7-8,14H2,1-4H3. The van der Waals surface area contributed by atoms with E-state index in [1.54, 1.807) is 11.9 Å². The van der Waals surface area contributed by atoms with E-state index in [0.29, 0.717) is 13.1 Å². The Labute approximate surface area is 108 Å². The van der Waals surface area contributed by atoms with Crippen molar-refractivity contribution in [2.45, 2.75) is 32.4 Å². The molecule has 5 nitrogen and oxygen atoms in total. The minimum absolute atomic E-state index is 0.00417. The third-order valence-electron chi connectivity index (χ3n) is 3.68. The number of aryl methyl sites for hydroxylation is 1. The van der Waals surface area contributed by atoms with E-state index < -0.39 is 0 Å². The maximum Gasteiger partial charge on any atom is 0.321 e. The Hall–Kier alpha value is -1.49. The smallest absolute Gasteiger partial charge is 0.321 e. The van der Waals surface area contributed by atoms with Gasteiger partial charge in [0.15, 0.2) is 0 Å². The summed E-state index contributed by atoms with van der Waals surface area (Å²) in [7, 11) is 1.80. The van der Waals surface area contributed by atoms with Crippen LogP contribution < -0.4 is 5.73 Å². The van der Waals surface area contributed by atoms with Crippen molar-refractivity contribution in [2.75, 3.05) is 20.1 Å². The molecule has 1 aliphatic rings. The molecule has 2 heterocycles. The Morgan fingerprint density at radius 1 is 1.50 bits per heavy atom. The number of hydrogen-bond donors (Lipinski definition) is 1. The summed E-state index contributed by atoms with van der Waals surface area (Å²) in [6.45, 7) is 6.92. The maximum absolute atomic E-state index is 12.3. The first-order valence-corrected chi connectivity index (χ1v) is 6.17. The Bertz CT molecular complexity index is 453. The van der Waals surface area contributed by atoms with Crippen molar-refractivity contribution >= 4 is 6.03 Å². The molecule has 0 bridgehead atoms. The molecule has 100 valence electrons. The van der Waals surface area contributed by atoms with Crippen LogP contribution in [0.25, 0.3) is 0 Å². The van der Waals surface area contributed by atoms with Gasteiger partial charge in [-0.15, -0.1) is 0 Å². The van der Waals surface area contributed by atoms with Crippen LogP contribution in [0.3, 0.4) is 0 Å². The fraction of sp³-hybridized carbons (Fsp3) is 0.615. The molecule has 18 heavy (non-hydrogen) atoms. The molecular formula is C13H21N3O2. The number of likely N-dealkylation sites (N-methyl/N-ethyl adjacent to an activating group) is 1. The van der Waals surface area contributed by atoms with Crippen molar-refractivity contribution in [3.63, 3.8) is 0 Å². The lowest BCUT2D eigenvalue weighted by molar-refractivity contribution is 0.154. The first-order valence-electron chi connectivity index (χ1n) is 6.17. The van der Waals surface area contributed by atoms with Gasteiger partial charge in [0, 0.05) is 13.6 Å². The average Bonchev–Trinajstić information content (AvgIpc) is 2.86. The molecule has 1 aromatic heterocycles. The Morgan fingerprint density at radius 2 is 2.17 bits per heavy atom. The van der Waals surface area contributed by atoms with E-state index in [2.05, 4.69) is 0 Å². The highest BCUT2D eigenvalue weighted by Gasteiger charge is 2.43. The van der Waals surface area contributed by atoms with Crippen LogP contribution >= 0.6 is 0 Å². The SMILES string of the molecule is Cc1ccc(C2CN(C(C)(C)CN)C(=O)N2C)o1. The number of furan rings is 1. The van der Waals surface area contributed by atoms with Crippen LogP contribution in [0.4, 0.5) is 4.79 Å². The van der Waals surface area contributed by atoms with Crippen LogP contribution in [0.5, 0.6) is 0 Å². The number of carbonyl (C=O) groups excluding carboxylic acids is 1. The van der Waals surface area contributed by atoms with Gasteiger partial charge in [-0.25, -0.2) is 4.79 Å². The fourth-order valence-corrected chi connectivity index (χ4v) is 2.23. The second-order valence-electron chi connectivity index (χ2n) is 5.48. The van der Waals surface area contributed by atoms with Crippen molar-refractivity contribution in [3.8, 4) is 0 Å². The molecule has 2 amide bonds. The quantitative estimate of drug-likeness (QED) is 0.890. The first kappa shape index (κ1) is 13.0. The summed E-state index contributed by atoms with van der Waals surface area (Å²) in [5, 5.41) is 0. The van der Waals surface area contributed by atoms with Crippen LogP contribution in [0.2, 0.25) is 0 Å². The predicted octanol–water partition coefficient (Wildman–Crippen LogP) is 1.73. The molecular weight excluding hydrogens is 230 g/mol. The van der Waals surface area contributed by atoms with Gasteiger partial charge < -0.3 is 20.0 Å². The third kappa shape index (κ3) is 1.99. The molecule has 0 aliphatic carbocycles. The molecule has 2 N–H and O–H groups in total. The van der Waals surface area contributed by atoms with Gasteiger partial charge in [0.25, 0.3) is 0 Å². The molecule has 2 rings (SSSR count). The van der Waals surface area contributed by atoms with Crippen LogP contribution in [-0.2, 0) is 0 Å². The molecule has 1 aliphatic heterocycles. The lowest BCUT2D eigenvalue weighted by Crippen LogP contribution is -2.50. The van der Waals surface area contributed by atoms with Gasteiger partial charge in [0.05, 0.1) is 12.1 Å². The van der Waals surface area contributed by atoms with Crippen molar-refractivity contribution in [2.24, 2.45) is 5.73 Å². The molecule has 1 unspecified atom stereocenters. The Kier molecular flexibility index (Phi) is 3.11. The molecule has 0 aromatic carbocycles. The van der Waals surface area contributed by atoms with Crippen molar-refractivity contribution < 1.29 is 9.21 Å². The number of nitrogens with zero attached hydrogens (tertiary/aromatic N) is 2. The second kappa shape index (κ2) is 4.31. The number of nitrogens with two attached hydrogens (primary N) is 1.